The molecule has 2 aromatic rings. The Hall–Kier alpha value is -1.48. The average Bonchev–Trinajstić information content (AvgIpc) is 2.19. The highest BCUT2D eigenvalue weighted by atomic mass is 35.5. The molecule has 0 aliphatic carbocycles. The molecule has 0 N–H and O–H groups in total. The Morgan fingerprint density at radius 2 is 1.86 bits per heavy atom. The fourth-order valence-electron chi connectivity index (χ4n) is 1.12. The normalized spacial score (nSPS) is 10.1. The van der Waals surface area contributed by atoms with Gasteiger partial charge in [-0.3, -0.25) is 4.98 Å². The van der Waals surface area contributed by atoms with Gasteiger partial charge < -0.3 is 0 Å². The van der Waals surface area contributed by atoms with Gasteiger partial charge in [0.05, 0.1) is 5.02 Å². The molecule has 2 aromatic heterocycles. The molecular formula is C10H8ClN3. The monoisotopic (exact) mass is 205 g/mol. The third-order valence-electron chi connectivity index (χ3n) is 1.76. The van der Waals surface area contributed by atoms with E-state index in [9.17, 15) is 0 Å². The Kier molecular flexibility index (Phi) is 2.41. The van der Waals surface area contributed by atoms with Crippen molar-refractivity contribution < 1.29 is 0 Å². The summed E-state index contributed by atoms with van der Waals surface area (Å²) in [7, 11) is 0. The second kappa shape index (κ2) is 3.72. The smallest absolute Gasteiger partial charge is 0.179 e. The minimum Gasteiger partial charge on any atom is -0.251 e. The lowest BCUT2D eigenvalue weighted by molar-refractivity contribution is 1.13. The van der Waals surface area contributed by atoms with Crippen molar-refractivity contribution in [1.29, 1.82) is 0 Å². The molecule has 4 heteroatoms. The minimum atomic E-state index is 0.553. The van der Waals surface area contributed by atoms with Crippen LogP contribution in [-0.4, -0.2) is 15.0 Å². The molecule has 70 valence electrons. The zero-order valence-corrected chi connectivity index (χ0v) is 8.36. The molecule has 3 nitrogen and oxygen atoms in total. The maximum atomic E-state index is 6.02. The van der Waals surface area contributed by atoms with Crippen LogP contribution in [0.3, 0.4) is 0 Å². The topological polar surface area (TPSA) is 38.7 Å². The number of hydrogen-bond acceptors (Lipinski definition) is 3. The van der Waals surface area contributed by atoms with E-state index in [1.54, 1.807) is 24.7 Å². The summed E-state index contributed by atoms with van der Waals surface area (Å²) >= 11 is 6.02. The second-order valence-corrected chi connectivity index (χ2v) is 3.32. The van der Waals surface area contributed by atoms with Gasteiger partial charge >= 0.3 is 0 Å². The van der Waals surface area contributed by atoms with Crippen LogP contribution in [-0.2, 0) is 0 Å². The van der Waals surface area contributed by atoms with E-state index < -0.39 is 0 Å². The number of nitrogens with zero attached hydrogens (tertiary/aromatic N) is 3. The van der Waals surface area contributed by atoms with Crippen molar-refractivity contribution in [3.63, 3.8) is 0 Å². The maximum Gasteiger partial charge on any atom is 0.179 e. The first-order chi connectivity index (χ1) is 6.77. The molecule has 0 saturated heterocycles. The molecule has 0 aliphatic rings. The van der Waals surface area contributed by atoms with Crippen LogP contribution in [0.1, 0.15) is 5.56 Å². The molecule has 0 fully saturated rings. The number of aryl methyl sites for hydroxylation is 1. The van der Waals surface area contributed by atoms with Crippen LogP contribution < -0.4 is 0 Å². The predicted octanol–water partition coefficient (Wildman–Crippen LogP) is 2.50. The maximum absolute atomic E-state index is 6.02. The van der Waals surface area contributed by atoms with E-state index in [1.807, 2.05) is 13.0 Å². The van der Waals surface area contributed by atoms with Gasteiger partial charge in [-0.1, -0.05) is 11.6 Å². The van der Waals surface area contributed by atoms with Gasteiger partial charge in [-0.15, -0.1) is 0 Å². The van der Waals surface area contributed by atoms with Crippen LogP contribution in [0, 0.1) is 6.92 Å². The van der Waals surface area contributed by atoms with Crippen molar-refractivity contribution in [1.82, 2.24) is 15.0 Å². The molecule has 0 spiro atoms. The highest BCUT2D eigenvalue weighted by Gasteiger charge is 2.06. The van der Waals surface area contributed by atoms with Gasteiger partial charge in [-0.05, 0) is 24.6 Å². The van der Waals surface area contributed by atoms with Crippen molar-refractivity contribution in [3.05, 3.63) is 41.3 Å². The van der Waals surface area contributed by atoms with Crippen LogP contribution >= 0.6 is 11.6 Å². The second-order valence-electron chi connectivity index (χ2n) is 2.92. The fraction of sp³-hybridized carbons (Fsp3) is 0.100. The average molecular weight is 206 g/mol. The molecular weight excluding hydrogens is 198 g/mol. The van der Waals surface area contributed by atoms with Crippen molar-refractivity contribution in [2.24, 2.45) is 0 Å². The standard InChI is InChI=1S/C10H8ClN3/c1-7-5-8(11)9(14-6-7)10-12-3-2-4-13-10/h2-6H,1H3. The summed E-state index contributed by atoms with van der Waals surface area (Å²) in [5.74, 6) is 0.553. The summed E-state index contributed by atoms with van der Waals surface area (Å²) in [6, 6.07) is 3.60. The van der Waals surface area contributed by atoms with Crippen LogP contribution in [0.2, 0.25) is 5.02 Å². The summed E-state index contributed by atoms with van der Waals surface area (Å²) in [6.07, 6.45) is 5.08. The quantitative estimate of drug-likeness (QED) is 0.718. The van der Waals surface area contributed by atoms with E-state index in [4.69, 9.17) is 11.6 Å². The minimum absolute atomic E-state index is 0.553. The molecule has 14 heavy (non-hydrogen) atoms. The zero-order chi connectivity index (χ0) is 9.97. The van der Waals surface area contributed by atoms with Gasteiger partial charge in [0.25, 0.3) is 0 Å². The lowest BCUT2D eigenvalue weighted by Gasteiger charge is -2.01. The lowest BCUT2D eigenvalue weighted by Crippen LogP contribution is -1.91. The molecule has 0 saturated carbocycles. The van der Waals surface area contributed by atoms with Gasteiger partial charge in [-0.25, -0.2) is 9.97 Å². The molecule has 2 heterocycles. The van der Waals surface area contributed by atoms with Crippen LogP contribution in [0.15, 0.2) is 30.7 Å². The van der Waals surface area contributed by atoms with Crippen LogP contribution in [0.4, 0.5) is 0 Å². The number of hydrogen-bond donors (Lipinski definition) is 0. The highest BCUT2D eigenvalue weighted by Crippen LogP contribution is 2.22. The Balaban J connectivity index is 2.53. The highest BCUT2D eigenvalue weighted by molar-refractivity contribution is 6.32. The van der Waals surface area contributed by atoms with Gasteiger partial charge in [0.1, 0.15) is 5.69 Å². The Bertz CT molecular complexity index is 442. The largest absolute Gasteiger partial charge is 0.251 e. The molecule has 0 atom stereocenters. The third-order valence-corrected chi connectivity index (χ3v) is 2.04. The third kappa shape index (κ3) is 1.72. The number of aromatic nitrogens is 3. The molecule has 2 rings (SSSR count). The van der Waals surface area contributed by atoms with Gasteiger partial charge in [-0.2, -0.15) is 0 Å². The first-order valence-corrected chi connectivity index (χ1v) is 4.55. The number of halogens is 1. The molecule has 0 aliphatic heterocycles. The van der Waals surface area contributed by atoms with E-state index in [2.05, 4.69) is 15.0 Å². The fourth-order valence-corrected chi connectivity index (χ4v) is 1.42. The molecule has 0 amide bonds. The Morgan fingerprint density at radius 1 is 1.14 bits per heavy atom. The van der Waals surface area contributed by atoms with E-state index in [1.165, 1.54) is 0 Å². The SMILES string of the molecule is Cc1cnc(-c2ncccn2)c(Cl)c1. The van der Waals surface area contributed by atoms with Gasteiger partial charge in [0, 0.05) is 18.6 Å². The summed E-state index contributed by atoms with van der Waals surface area (Å²) < 4.78 is 0. The molecule has 0 aromatic carbocycles. The zero-order valence-electron chi connectivity index (χ0n) is 7.61. The van der Waals surface area contributed by atoms with Crippen molar-refractivity contribution in [2.45, 2.75) is 6.92 Å². The van der Waals surface area contributed by atoms with Crippen molar-refractivity contribution >= 4 is 11.6 Å². The summed E-state index contributed by atoms with van der Waals surface area (Å²) in [5, 5.41) is 0.580. The number of rotatable bonds is 1. The first kappa shape index (κ1) is 9.09. The van der Waals surface area contributed by atoms with E-state index >= 15 is 0 Å². The first-order valence-electron chi connectivity index (χ1n) is 4.17. The number of pyridine rings is 1. The van der Waals surface area contributed by atoms with Gasteiger partial charge in [0.15, 0.2) is 5.82 Å². The Labute approximate surface area is 86.8 Å². The van der Waals surface area contributed by atoms with Crippen molar-refractivity contribution in [3.8, 4) is 11.5 Å². The predicted molar refractivity (Wildman–Crippen MR) is 55.0 cm³/mol. The van der Waals surface area contributed by atoms with Crippen LogP contribution in [0.25, 0.3) is 11.5 Å². The van der Waals surface area contributed by atoms with E-state index in [-0.39, 0.29) is 0 Å². The van der Waals surface area contributed by atoms with E-state index in [0.717, 1.165) is 5.56 Å². The van der Waals surface area contributed by atoms with E-state index in [0.29, 0.717) is 16.5 Å². The molecule has 0 radical (unpaired) electrons. The van der Waals surface area contributed by atoms with Crippen LogP contribution in [0.5, 0.6) is 0 Å². The van der Waals surface area contributed by atoms with Gasteiger partial charge in [0.2, 0.25) is 0 Å². The lowest BCUT2D eigenvalue weighted by atomic mass is 10.2. The summed E-state index contributed by atoms with van der Waals surface area (Å²) in [6.45, 7) is 1.94. The molecule has 0 unspecified atom stereocenters. The molecule has 0 bridgehead atoms. The summed E-state index contributed by atoms with van der Waals surface area (Å²) in [4.78, 5) is 12.4. The summed E-state index contributed by atoms with van der Waals surface area (Å²) in [5.41, 5.74) is 1.65. The Morgan fingerprint density at radius 3 is 2.50 bits per heavy atom. The van der Waals surface area contributed by atoms with Crippen molar-refractivity contribution in [2.75, 3.05) is 0 Å².